The van der Waals surface area contributed by atoms with Gasteiger partial charge in [-0.15, -0.1) is 0 Å². The lowest BCUT2D eigenvalue weighted by atomic mass is 10.2. The summed E-state index contributed by atoms with van der Waals surface area (Å²) in [5, 5.41) is 0. The maximum absolute atomic E-state index is 14.3. The van der Waals surface area contributed by atoms with Crippen LogP contribution in [0.5, 0.6) is 23.3 Å². The third-order valence-electron chi connectivity index (χ3n) is 3.46. The number of benzene rings is 1. The summed E-state index contributed by atoms with van der Waals surface area (Å²) < 4.78 is 43.9. The molecule has 3 rings (SSSR count). The fourth-order valence-electron chi connectivity index (χ4n) is 2.18. The van der Waals surface area contributed by atoms with Crippen LogP contribution in [0.4, 0.5) is 8.78 Å². The standard InChI is InChI=1S/C18H15F2N3O4/c1-10-3-4-12(8-21-10)27-17-13(19)5-11(6-14(17)20)9-26-16-7-15(25-2)22-18(24)23-16/h3-8H,9H2,1-2H3,(H,22,23,24). The lowest BCUT2D eigenvalue weighted by molar-refractivity contribution is 0.286. The first-order valence-electron chi connectivity index (χ1n) is 7.81. The Balaban J connectivity index is 1.75. The first kappa shape index (κ1) is 18.3. The fourth-order valence-corrected chi connectivity index (χ4v) is 2.18. The van der Waals surface area contributed by atoms with Crippen molar-refractivity contribution in [3.63, 3.8) is 0 Å². The molecule has 2 aromatic heterocycles. The zero-order chi connectivity index (χ0) is 19.4. The van der Waals surface area contributed by atoms with Crippen LogP contribution in [-0.2, 0) is 6.61 Å². The van der Waals surface area contributed by atoms with E-state index in [1.54, 1.807) is 19.1 Å². The summed E-state index contributed by atoms with van der Waals surface area (Å²) in [5.41, 5.74) is 0.287. The molecule has 3 aromatic rings. The first-order chi connectivity index (χ1) is 12.9. The molecule has 0 saturated carbocycles. The van der Waals surface area contributed by atoms with E-state index in [4.69, 9.17) is 14.2 Å². The van der Waals surface area contributed by atoms with Gasteiger partial charge in [0.1, 0.15) is 12.4 Å². The molecule has 0 unspecified atom stereocenters. The van der Waals surface area contributed by atoms with E-state index in [-0.39, 0.29) is 29.7 Å². The Labute approximate surface area is 152 Å². The number of halogens is 2. The van der Waals surface area contributed by atoms with Gasteiger partial charge >= 0.3 is 5.69 Å². The van der Waals surface area contributed by atoms with Crippen LogP contribution in [0.3, 0.4) is 0 Å². The Morgan fingerprint density at radius 2 is 1.89 bits per heavy atom. The van der Waals surface area contributed by atoms with E-state index in [1.807, 2.05) is 0 Å². The van der Waals surface area contributed by atoms with Gasteiger partial charge in [0.05, 0.1) is 19.4 Å². The largest absolute Gasteiger partial charge is 0.481 e. The Kier molecular flexibility index (Phi) is 5.30. The lowest BCUT2D eigenvalue weighted by Gasteiger charge is -2.11. The second-order valence-corrected chi connectivity index (χ2v) is 5.51. The molecule has 0 fully saturated rings. The summed E-state index contributed by atoms with van der Waals surface area (Å²) in [6.07, 6.45) is 1.37. The molecule has 1 aromatic carbocycles. The zero-order valence-electron chi connectivity index (χ0n) is 14.5. The first-order valence-corrected chi connectivity index (χ1v) is 7.81. The van der Waals surface area contributed by atoms with Crippen molar-refractivity contribution in [3.8, 4) is 23.3 Å². The number of aryl methyl sites for hydroxylation is 1. The molecule has 0 atom stereocenters. The number of methoxy groups -OCH3 is 1. The monoisotopic (exact) mass is 375 g/mol. The van der Waals surface area contributed by atoms with Gasteiger partial charge in [-0.2, -0.15) is 4.98 Å². The minimum atomic E-state index is -0.894. The predicted octanol–water partition coefficient (Wildman–Crippen LogP) is 3.13. The molecule has 0 radical (unpaired) electrons. The lowest BCUT2D eigenvalue weighted by Crippen LogP contribution is -2.12. The van der Waals surface area contributed by atoms with E-state index in [2.05, 4.69) is 15.0 Å². The molecule has 7 nitrogen and oxygen atoms in total. The Bertz CT molecular complexity index is 983. The Morgan fingerprint density at radius 3 is 2.52 bits per heavy atom. The fraction of sp³-hybridized carbons (Fsp3) is 0.167. The molecule has 0 aliphatic heterocycles. The summed E-state index contributed by atoms with van der Waals surface area (Å²) in [6, 6.07) is 6.73. The predicted molar refractivity (Wildman–Crippen MR) is 91.1 cm³/mol. The van der Waals surface area contributed by atoms with Crippen LogP contribution < -0.4 is 19.9 Å². The Hall–Kier alpha value is -3.49. The summed E-state index contributed by atoms with van der Waals surface area (Å²) in [5.74, 6) is -2.00. The molecule has 0 spiro atoms. The van der Waals surface area contributed by atoms with E-state index in [0.717, 1.165) is 17.8 Å². The Morgan fingerprint density at radius 1 is 1.15 bits per heavy atom. The van der Waals surface area contributed by atoms with Crippen molar-refractivity contribution in [2.24, 2.45) is 0 Å². The maximum atomic E-state index is 14.3. The zero-order valence-corrected chi connectivity index (χ0v) is 14.5. The summed E-state index contributed by atoms with van der Waals surface area (Å²) >= 11 is 0. The number of aromatic nitrogens is 3. The third kappa shape index (κ3) is 4.57. The van der Waals surface area contributed by atoms with Crippen molar-refractivity contribution in [1.29, 1.82) is 0 Å². The highest BCUT2D eigenvalue weighted by Crippen LogP contribution is 2.28. The highest BCUT2D eigenvalue weighted by molar-refractivity contribution is 5.35. The molecule has 0 amide bonds. The molecular weight excluding hydrogens is 360 g/mol. The highest BCUT2D eigenvalue weighted by atomic mass is 19.1. The third-order valence-corrected chi connectivity index (χ3v) is 3.46. The van der Waals surface area contributed by atoms with Gasteiger partial charge in [0, 0.05) is 5.69 Å². The van der Waals surface area contributed by atoms with E-state index in [1.165, 1.54) is 19.4 Å². The van der Waals surface area contributed by atoms with E-state index >= 15 is 0 Å². The van der Waals surface area contributed by atoms with Crippen LogP contribution in [0.25, 0.3) is 0 Å². The van der Waals surface area contributed by atoms with Gasteiger partial charge in [-0.25, -0.2) is 13.6 Å². The number of rotatable bonds is 6. The van der Waals surface area contributed by atoms with Crippen molar-refractivity contribution in [1.82, 2.24) is 15.0 Å². The van der Waals surface area contributed by atoms with Crippen LogP contribution in [-0.4, -0.2) is 22.1 Å². The van der Waals surface area contributed by atoms with E-state index < -0.39 is 23.1 Å². The van der Waals surface area contributed by atoms with Gasteiger partial charge in [0.2, 0.25) is 11.8 Å². The molecule has 0 bridgehead atoms. The van der Waals surface area contributed by atoms with Crippen LogP contribution in [0.2, 0.25) is 0 Å². The van der Waals surface area contributed by atoms with Gasteiger partial charge in [0.15, 0.2) is 17.4 Å². The second kappa shape index (κ2) is 7.81. The SMILES string of the molecule is COc1cc(OCc2cc(F)c(Oc3ccc(C)nc3)c(F)c2)[nH]c(=O)n1. The molecule has 140 valence electrons. The number of hydrogen-bond acceptors (Lipinski definition) is 6. The number of aromatic amines is 1. The van der Waals surface area contributed by atoms with Crippen LogP contribution in [0.15, 0.2) is 41.3 Å². The smallest absolute Gasteiger partial charge is 0.351 e. The molecule has 1 N–H and O–H groups in total. The summed E-state index contributed by atoms with van der Waals surface area (Å²) in [6.45, 7) is 1.59. The van der Waals surface area contributed by atoms with E-state index in [9.17, 15) is 13.6 Å². The number of pyridine rings is 1. The molecule has 27 heavy (non-hydrogen) atoms. The highest BCUT2D eigenvalue weighted by Gasteiger charge is 2.15. The van der Waals surface area contributed by atoms with Crippen molar-refractivity contribution in [2.45, 2.75) is 13.5 Å². The number of nitrogens with zero attached hydrogens (tertiary/aromatic N) is 2. The van der Waals surface area contributed by atoms with Gasteiger partial charge in [-0.3, -0.25) is 9.97 Å². The molecule has 9 heteroatoms. The topological polar surface area (TPSA) is 86.3 Å². The minimum Gasteiger partial charge on any atom is -0.481 e. The summed E-state index contributed by atoms with van der Waals surface area (Å²) in [7, 11) is 1.35. The van der Waals surface area contributed by atoms with Crippen molar-refractivity contribution in [3.05, 3.63) is 69.9 Å². The maximum Gasteiger partial charge on any atom is 0.351 e. The van der Waals surface area contributed by atoms with Gasteiger partial charge < -0.3 is 14.2 Å². The normalized spacial score (nSPS) is 10.5. The minimum absolute atomic E-state index is 0.0544. The number of nitrogens with one attached hydrogen (secondary N) is 1. The average molecular weight is 375 g/mol. The van der Waals surface area contributed by atoms with Crippen LogP contribution in [0, 0.1) is 18.6 Å². The van der Waals surface area contributed by atoms with Crippen molar-refractivity contribution < 1.29 is 23.0 Å². The second-order valence-electron chi connectivity index (χ2n) is 5.51. The van der Waals surface area contributed by atoms with Gasteiger partial charge in [-0.05, 0) is 36.8 Å². The molecule has 0 aliphatic carbocycles. The molecule has 0 aliphatic rings. The average Bonchev–Trinajstić information content (AvgIpc) is 2.64. The molecular formula is C18H15F2N3O4. The van der Waals surface area contributed by atoms with Crippen LogP contribution in [0.1, 0.15) is 11.3 Å². The van der Waals surface area contributed by atoms with Gasteiger partial charge in [-0.1, -0.05) is 0 Å². The number of H-pyrrole nitrogens is 1. The molecule has 0 saturated heterocycles. The number of hydrogen-bond donors (Lipinski definition) is 1. The molecule has 2 heterocycles. The van der Waals surface area contributed by atoms with Crippen molar-refractivity contribution >= 4 is 0 Å². The van der Waals surface area contributed by atoms with Crippen molar-refractivity contribution in [2.75, 3.05) is 7.11 Å². The van der Waals surface area contributed by atoms with E-state index in [0.29, 0.717) is 0 Å². The van der Waals surface area contributed by atoms with Gasteiger partial charge in [0.25, 0.3) is 0 Å². The quantitative estimate of drug-likeness (QED) is 0.712. The number of ether oxygens (including phenoxy) is 3. The van der Waals surface area contributed by atoms with Crippen LogP contribution >= 0.6 is 0 Å². The summed E-state index contributed by atoms with van der Waals surface area (Å²) in [4.78, 5) is 21.2.